The highest BCUT2D eigenvalue weighted by atomic mass is 16.5. The van der Waals surface area contributed by atoms with Crippen LogP contribution in [0.5, 0.6) is 0 Å². The molecule has 0 saturated heterocycles. The molecule has 0 atom stereocenters. The van der Waals surface area contributed by atoms with Crippen LogP contribution in [-0.4, -0.2) is 37.8 Å². The lowest BCUT2D eigenvalue weighted by atomic mass is 10.2. The van der Waals surface area contributed by atoms with Gasteiger partial charge >= 0.3 is 5.97 Å². The molecule has 0 heterocycles. The van der Waals surface area contributed by atoms with Crippen LogP contribution in [0, 0.1) is 0 Å². The molecular formula is C14H24N2O4. The van der Waals surface area contributed by atoms with Crippen molar-refractivity contribution in [2.45, 2.75) is 52.4 Å². The summed E-state index contributed by atoms with van der Waals surface area (Å²) in [6.07, 6.45) is 8.85. The average molecular weight is 284 g/mol. The summed E-state index contributed by atoms with van der Waals surface area (Å²) >= 11 is 0. The highest BCUT2D eigenvalue weighted by Crippen LogP contribution is 1.99. The lowest BCUT2D eigenvalue weighted by Crippen LogP contribution is -1.99. The Bertz CT molecular complexity index is 297. The van der Waals surface area contributed by atoms with E-state index in [0.717, 1.165) is 38.5 Å². The molecule has 0 N–H and O–H groups in total. The van der Waals surface area contributed by atoms with E-state index in [4.69, 9.17) is 0 Å². The van der Waals surface area contributed by atoms with Crippen molar-refractivity contribution >= 4 is 18.1 Å². The molecule has 0 fully saturated rings. The minimum Gasteiger partial charge on any atom is -0.466 e. The molecule has 0 aliphatic carbocycles. The zero-order valence-electron chi connectivity index (χ0n) is 12.4. The van der Waals surface area contributed by atoms with E-state index in [2.05, 4.69) is 21.6 Å². The van der Waals surface area contributed by atoms with Gasteiger partial charge in [0.15, 0.2) is 0 Å². The molecule has 0 aromatic heterocycles. The number of ether oxygens (including phenoxy) is 1. The van der Waals surface area contributed by atoms with Crippen molar-refractivity contribution in [3.63, 3.8) is 0 Å². The van der Waals surface area contributed by atoms with Crippen molar-refractivity contribution < 1.29 is 19.1 Å². The van der Waals surface area contributed by atoms with Gasteiger partial charge in [0.25, 0.3) is 0 Å². The molecule has 0 bridgehead atoms. The second-order valence-corrected chi connectivity index (χ2v) is 4.05. The Balaban J connectivity index is 0. The first kappa shape index (κ1) is 20.5. The molecule has 0 aliphatic heterocycles. The van der Waals surface area contributed by atoms with E-state index >= 15 is 0 Å². The minimum atomic E-state index is -0.182. The van der Waals surface area contributed by atoms with Gasteiger partial charge in [0, 0.05) is 6.92 Å². The van der Waals surface area contributed by atoms with Crippen LogP contribution >= 0.6 is 0 Å². The molecule has 6 heteroatoms. The number of rotatable bonds is 10. The summed E-state index contributed by atoms with van der Waals surface area (Å²) in [6.45, 7) is 5.17. The smallest absolute Gasteiger partial charge is 0.302 e. The summed E-state index contributed by atoms with van der Waals surface area (Å²) in [7, 11) is 0. The number of hydrogen-bond acceptors (Lipinski definition) is 6. The maximum Gasteiger partial charge on any atom is 0.302 e. The average Bonchev–Trinajstić information content (AvgIpc) is 2.43. The van der Waals surface area contributed by atoms with E-state index < -0.39 is 0 Å². The minimum absolute atomic E-state index is 0.182. The molecule has 0 saturated carbocycles. The van der Waals surface area contributed by atoms with Crippen LogP contribution in [0.2, 0.25) is 0 Å². The van der Waals surface area contributed by atoms with Gasteiger partial charge in [-0.05, 0) is 19.3 Å². The fraction of sp³-hybridized carbons (Fsp3) is 0.786. The molecule has 0 aromatic carbocycles. The summed E-state index contributed by atoms with van der Waals surface area (Å²) in [5, 5.41) is 0. The van der Waals surface area contributed by atoms with E-state index in [1.165, 1.54) is 19.1 Å². The normalized spacial score (nSPS) is 8.50. The van der Waals surface area contributed by atoms with Crippen LogP contribution in [0.15, 0.2) is 9.98 Å². The van der Waals surface area contributed by atoms with E-state index in [9.17, 15) is 14.4 Å². The number of carbonyl (C=O) groups excluding carboxylic acids is 3. The second-order valence-electron chi connectivity index (χ2n) is 4.05. The Labute approximate surface area is 120 Å². The highest BCUT2D eigenvalue weighted by molar-refractivity contribution is 5.65. The quantitative estimate of drug-likeness (QED) is 0.267. The molecule has 0 unspecified atom stereocenters. The maximum atomic E-state index is 10.1. The predicted octanol–water partition coefficient (Wildman–Crippen LogP) is 2.57. The molecule has 6 nitrogen and oxygen atoms in total. The van der Waals surface area contributed by atoms with Crippen LogP contribution < -0.4 is 0 Å². The topological polar surface area (TPSA) is 85.2 Å². The number of nitrogens with zero attached hydrogens (tertiary/aromatic N) is 2. The summed E-state index contributed by atoms with van der Waals surface area (Å²) in [4.78, 5) is 36.2. The Kier molecular flexibility index (Phi) is 20.1. The van der Waals surface area contributed by atoms with Crippen molar-refractivity contribution in [2.75, 3.05) is 19.7 Å². The summed E-state index contributed by atoms with van der Waals surface area (Å²) < 4.78 is 4.64. The third kappa shape index (κ3) is 25.2. The van der Waals surface area contributed by atoms with Gasteiger partial charge in [0.2, 0.25) is 12.2 Å². The van der Waals surface area contributed by atoms with Gasteiger partial charge < -0.3 is 4.74 Å². The van der Waals surface area contributed by atoms with Crippen molar-refractivity contribution in [2.24, 2.45) is 9.98 Å². The van der Waals surface area contributed by atoms with E-state index in [1.54, 1.807) is 0 Å². The van der Waals surface area contributed by atoms with Crippen LogP contribution in [0.3, 0.4) is 0 Å². The SMILES string of the molecule is CCCCOC(C)=O.O=C=NCCCCCCN=C=O. The first-order valence-electron chi connectivity index (χ1n) is 6.89. The molecular weight excluding hydrogens is 260 g/mol. The second kappa shape index (κ2) is 19.6. The molecule has 0 spiro atoms. The monoisotopic (exact) mass is 284 g/mol. The summed E-state index contributed by atoms with van der Waals surface area (Å²) in [6, 6.07) is 0. The Morgan fingerprint density at radius 3 is 1.80 bits per heavy atom. The number of unbranched alkanes of at least 4 members (excludes halogenated alkanes) is 4. The van der Waals surface area contributed by atoms with Crippen LogP contribution in [0.4, 0.5) is 0 Å². The predicted molar refractivity (Wildman–Crippen MR) is 76.0 cm³/mol. The van der Waals surface area contributed by atoms with Gasteiger partial charge in [-0.3, -0.25) is 4.79 Å². The molecule has 0 aromatic rings. The summed E-state index contributed by atoms with van der Waals surface area (Å²) in [5.74, 6) is -0.182. The van der Waals surface area contributed by atoms with Gasteiger partial charge in [-0.15, -0.1) is 0 Å². The van der Waals surface area contributed by atoms with E-state index in [1.807, 2.05) is 0 Å². The van der Waals surface area contributed by atoms with Crippen molar-refractivity contribution in [1.82, 2.24) is 0 Å². The van der Waals surface area contributed by atoms with Crippen molar-refractivity contribution in [1.29, 1.82) is 0 Å². The van der Waals surface area contributed by atoms with E-state index in [-0.39, 0.29) is 5.97 Å². The molecule has 0 radical (unpaired) electrons. The standard InChI is InChI=1S/C8H12N2O2.C6H12O2/c11-7-9-5-3-1-2-4-6-10-8-12;1-3-4-5-8-6(2)7/h1-6H2;3-5H2,1-2H3. The zero-order valence-corrected chi connectivity index (χ0v) is 12.4. The molecule has 0 rings (SSSR count). The van der Waals surface area contributed by atoms with Gasteiger partial charge in [0.1, 0.15) is 0 Å². The first-order valence-corrected chi connectivity index (χ1v) is 6.89. The van der Waals surface area contributed by atoms with Gasteiger partial charge in [-0.2, -0.15) is 0 Å². The Morgan fingerprint density at radius 1 is 0.950 bits per heavy atom. The highest BCUT2D eigenvalue weighted by Gasteiger charge is 1.88. The van der Waals surface area contributed by atoms with Gasteiger partial charge in [0.05, 0.1) is 19.7 Å². The fourth-order valence-corrected chi connectivity index (χ4v) is 1.19. The number of aliphatic imine (C=N–C) groups is 2. The van der Waals surface area contributed by atoms with Crippen LogP contribution in [0.25, 0.3) is 0 Å². The molecule has 20 heavy (non-hydrogen) atoms. The lowest BCUT2D eigenvalue weighted by molar-refractivity contribution is -0.141. The van der Waals surface area contributed by atoms with Gasteiger partial charge in [-0.1, -0.05) is 26.2 Å². The number of hydrogen-bond donors (Lipinski definition) is 0. The molecule has 0 aliphatic rings. The van der Waals surface area contributed by atoms with Crippen LogP contribution in [-0.2, 0) is 19.1 Å². The third-order valence-electron chi connectivity index (χ3n) is 2.22. The number of isocyanates is 2. The van der Waals surface area contributed by atoms with Crippen molar-refractivity contribution in [3.05, 3.63) is 0 Å². The van der Waals surface area contributed by atoms with Crippen molar-refractivity contribution in [3.8, 4) is 0 Å². The Morgan fingerprint density at radius 2 is 1.45 bits per heavy atom. The summed E-state index contributed by atoms with van der Waals surface area (Å²) in [5.41, 5.74) is 0. The molecule has 114 valence electrons. The maximum absolute atomic E-state index is 10.1. The number of esters is 1. The first-order chi connectivity index (χ1) is 9.68. The Hall–Kier alpha value is -1.77. The fourth-order valence-electron chi connectivity index (χ4n) is 1.19. The lowest BCUT2D eigenvalue weighted by Gasteiger charge is -1.96. The third-order valence-corrected chi connectivity index (χ3v) is 2.22. The van der Waals surface area contributed by atoms with Crippen LogP contribution in [0.1, 0.15) is 52.4 Å². The number of carbonyl (C=O) groups is 1. The zero-order chi connectivity index (χ0) is 15.5. The molecule has 0 amide bonds. The van der Waals surface area contributed by atoms with Gasteiger partial charge in [-0.25, -0.2) is 19.6 Å². The van der Waals surface area contributed by atoms with E-state index in [0.29, 0.717) is 19.7 Å². The largest absolute Gasteiger partial charge is 0.466 e.